The van der Waals surface area contributed by atoms with E-state index in [0.717, 1.165) is 0 Å². The van der Waals surface area contributed by atoms with Gasteiger partial charge < -0.3 is 14.9 Å². The highest BCUT2D eigenvalue weighted by Gasteiger charge is 2.38. The number of alkyl halides is 6. The molecule has 0 amide bonds. The highest BCUT2D eigenvalue weighted by molar-refractivity contribution is 5.71. The van der Waals surface area contributed by atoms with Gasteiger partial charge in [-0.2, -0.15) is 13.2 Å². The van der Waals surface area contributed by atoms with Crippen molar-refractivity contribution in [3.8, 4) is 11.6 Å². The van der Waals surface area contributed by atoms with E-state index in [9.17, 15) is 36.2 Å². The van der Waals surface area contributed by atoms with E-state index in [1.807, 2.05) is 0 Å². The van der Waals surface area contributed by atoms with Gasteiger partial charge in [0.2, 0.25) is 5.88 Å². The Labute approximate surface area is 106 Å². The lowest BCUT2D eigenvalue weighted by Crippen LogP contribution is -2.19. The van der Waals surface area contributed by atoms with Crippen LogP contribution in [0, 0.1) is 0 Å². The van der Waals surface area contributed by atoms with E-state index < -0.39 is 47.8 Å². The number of aliphatic carboxylic acids is 1. The number of aromatic nitrogens is 1. The van der Waals surface area contributed by atoms with Crippen LogP contribution in [0.4, 0.5) is 26.3 Å². The maximum absolute atomic E-state index is 12.5. The summed E-state index contributed by atoms with van der Waals surface area (Å²) < 4.78 is 76.5. The van der Waals surface area contributed by atoms with Gasteiger partial charge in [-0.3, -0.25) is 4.79 Å². The monoisotopic (exact) mass is 305 g/mol. The predicted molar refractivity (Wildman–Crippen MR) is 48.9 cm³/mol. The lowest BCUT2D eigenvalue weighted by atomic mass is 10.1. The van der Waals surface area contributed by atoms with Gasteiger partial charge in [0.15, 0.2) is 0 Å². The molecule has 0 radical (unpaired) electrons. The third kappa shape index (κ3) is 4.17. The summed E-state index contributed by atoms with van der Waals surface area (Å²) in [7, 11) is 0. The van der Waals surface area contributed by atoms with Crippen molar-refractivity contribution in [1.29, 1.82) is 0 Å². The minimum Gasteiger partial charge on any atom is -0.505 e. The van der Waals surface area contributed by atoms with Crippen LogP contribution in [-0.4, -0.2) is 27.5 Å². The van der Waals surface area contributed by atoms with E-state index in [4.69, 9.17) is 5.11 Å². The summed E-state index contributed by atoms with van der Waals surface area (Å²) in [6.45, 7) is 0. The van der Waals surface area contributed by atoms with Crippen molar-refractivity contribution in [2.24, 2.45) is 0 Å². The Morgan fingerprint density at radius 2 is 1.80 bits per heavy atom. The Hall–Kier alpha value is -2.20. The molecule has 1 heterocycles. The number of hydrogen-bond donors (Lipinski definition) is 2. The number of pyridine rings is 1. The van der Waals surface area contributed by atoms with Crippen LogP contribution in [0.15, 0.2) is 6.07 Å². The summed E-state index contributed by atoms with van der Waals surface area (Å²) >= 11 is 0. The predicted octanol–water partition coefficient (Wildman–Crippen LogP) is 2.33. The van der Waals surface area contributed by atoms with Crippen LogP contribution in [0.3, 0.4) is 0 Å². The highest BCUT2D eigenvalue weighted by Crippen LogP contribution is 2.39. The van der Waals surface area contributed by atoms with Crippen LogP contribution in [0.25, 0.3) is 0 Å². The molecule has 0 aromatic carbocycles. The molecule has 0 bridgehead atoms. The number of nitrogens with zero attached hydrogens (tertiary/aromatic N) is 1. The second kappa shape index (κ2) is 5.06. The summed E-state index contributed by atoms with van der Waals surface area (Å²) in [4.78, 5) is 13.3. The number of carboxylic acid groups (broad SMARTS) is 1. The smallest absolute Gasteiger partial charge is 0.505 e. The maximum atomic E-state index is 12.5. The van der Waals surface area contributed by atoms with Gasteiger partial charge in [0, 0.05) is 6.07 Å². The molecule has 112 valence electrons. The minimum absolute atomic E-state index is 0.172. The number of carbonyl (C=O) groups is 1. The van der Waals surface area contributed by atoms with Gasteiger partial charge in [-0.1, -0.05) is 0 Å². The normalized spacial score (nSPS) is 12.3. The Kier molecular flexibility index (Phi) is 4.01. The molecule has 0 aliphatic rings. The number of ether oxygens (including phenoxy) is 1. The molecule has 20 heavy (non-hydrogen) atoms. The number of carboxylic acids is 1. The van der Waals surface area contributed by atoms with E-state index in [1.165, 1.54) is 0 Å². The lowest BCUT2D eigenvalue weighted by molar-refractivity contribution is -0.276. The first-order valence-corrected chi connectivity index (χ1v) is 4.68. The highest BCUT2D eigenvalue weighted by atomic mass is 19.4. The first-order valence-electron chi connectivity index (χ1n) is 4.68. The summed E-state index contributed by atoms with van der Waals surface area (Å²) in [5, 5.41) is 17.6. The molecular weight excluding hydrogens is 300 g/mol. The third-order valence-electron chi connectivity index (χ3n) is 1.89. The van der Waals surface area contributed by atoms with E-state index in [0.29, 0.717) is 0 Å². The van der Waals surface area contributed by atoms with E-state index >= 15 is 0 Å². The van der Waals surface area contributed by atoms with Crippen LogP contribution >= 0.6 is 0 Å². The minimum atomic E-state index is -5.31. The molecule has 0 aliphatic heterocycles. The molecule has 0 saturated carbocycles. The van der Waals surface area contributed by atoms with E-state index in [2.05, 4.69) is 9.72 Å². The number of halogens is 6. The van der Waals surface area contributed by atoms with Crippen molar-refractivity contribution in [2.75, 3.05) is 0 Å². The number of aromatic hydroxyl groups is 1. The zero-order chi connectivity index (χ0) is 15.7. The lowest BCUT2D eigenvalue weighted by Gasteiger charge is -2.14. The Bertz CT molecular complexity index is 524. The molecule has 0 aliphatic carbocycles. The molecule has 0 atom stereocenters. The second-order valence-electron chi connectivity index (χ2n) is 3.42. The molecule has 1 rings (SSSR count). The van der Waals surface area contributed by atoms with Gasteiger partial charge in [-0.15, -0.1) is 13.2 Å². The SMILES string of the molecule is O=C(O)Cc1nc(OC(F)(F)F)cc(C(F)(F)F)c1O. The van der Waals surface area contributed by atoms with Gasteiger partial charge >= 0.3 is 18.5 Å². The molecule has 0 spiro atoms. The number of hydrogen-bond acceptors (Lipinski definition) is 4. The topological polar surface area (TPSA) is 79.7 Å². The van der Waals surface area contributed by atoms with Crippen molar-refractivity contribution in [3.63, 3.8) is 0 Å². The molecule has 1 aromatic heterocycles. The Morgan fingerprint density at radius 1 is 1.25 bits per heavy atom. The zero-order valence-corrected chi connectivity index (χ0v) is 9.21. The fraction of sp³-hybridized carbons (Fsp3) is 0.333. The van der Waals surface area contributed by atoms with Crippen molar-refractivity contribution in [1.82, 2.24) is 4.98 Å². The summed E-state index contributed by atoms with van der Waals surface area (Å²) in [5.41, 5.74) is -2.96. The van der Waals surface area contributed by atoms with Crippen molar-refractivity contribution in [2.45, 2.75) is 19.0 Å². The van der Waals surface area contributed by atoms with Crippen LogP contribution in [-0.2, 0) is 17.4 Å². The Morgan fingerprint density at radius 3 is 2.20 bits per heavy atom. The van der Waals surface area contributed by atoms with E-state index in [-0.39, 0.29) is 6.07 Å². The first kappa shape index (κ1) is 15.9. The molecule has 11 heteroatoms. The average molecular weight is 305 g/mol. The molecule has 2 N–H and O–H groups in total. The molecule has 0 saturated heterocycles. The fourth-order valence-corrected chi connectivity index (χ4v) is 1.22. The van der Waals surface area contributed by atoms with Crippen LogP contribution in [0.2, 0.25) is 0 Å². The molecular formula is C9H5F6NO4. The maximum Gasteiger partial charge on any atom is 0.574 e. The molecule has 0 fully saturated rings. The van der Waals surface area contributed by atoms with Crippen molar-refractivity contribution >= 4 is 5.97 Å². The average Bonchev–Trinajstić information content (AvgIpc) is 2.17. The van der Waals surface area contributed by atoms with Crippen molar-refractivity contribution in [3.05, 3.63) is 17.3 Å². The standard InChI is InChI=1S/C9H5F6NO4/c10-8(11,12)3-1-5(20-9(13,14)15)16-4(7(3)19)2-6(17)18/h1,19H,2H2,(H,17,18). The third-order valence-corrected chi connectivity index (χ3v) is 1.89. The van der Waals surface area contributed by atoms with Crippen LogP contribution in [0.1, 0.15) is 11.3 Å². The first-order chi connectivity index (χ1) is 8.90. The Balaban J connectivity index is 3.37. The molecule has 0 unspecified atom stereocenters. The zero-order valence-electron chi connectivity index (χ0n) is 9.21. The van der Waals surface area contributed by atoms with Crippen molar-refractivity contribution < 1.29 is 46.1 Å². The van der Waals surface area contributed by atoms with Crippen LogP contribution < -0.4 is 4.74 Å². The molecule has 1 aromatic rings. The summed E-state index contributed by atoms with van der Waals surface area (Å²) in [6.07, 6.45) is -11.7. The van der Waals surface area contributed by atoms with Gasteiger partial charge in [-0.25, -0.2) is 4.98 Å². The second-order valence-corrected chi connectivity index (χ2v) is 3.42. The largest absolute Gasteiger partial charge is 0.574 e. The summed E-state index contributed by atoms with van der Waals surface area (Å²) in [6, 6.07) is -0.172. The number of rotatable bonds is 3. The van der Waals surface area contributed by atoms with Gasteiger partial charge in [-0.05, 0) is 0 Å². The van der Waals surface area contributed by atoms with Crippen LogP contribution in [0.5, 0.6) is 11.6 Å². The fourth-order valence-electron chi connectivity index (χ4n) is 1.22. The quantitative estimate of drug-likeness (QED) is 0.838. The van der Waals surface area contributed by atoms with Gasteiger partial charge in [0.1, 0.15) is 11.3 Å². The van der Waals surface area contributed by atoms with Gasteiger partial charge in [0.05, 0.1) is 12.1 Å². The van der Waals surface area contributed by atoms with E-state index in [1.54, 1.807) is 0 Å². The van der Waals surface area contributed by atoms with Gasteiger partial charge in [0.25, 0.3) is 0 Å². The molecule has 5 nitrogen and oxygen atoms in total. The summed E-state index contributed by atoms with van der Waals surface area (Å²) in [5.74, 6) is -4.77.